The van der Waals surface area contributed by atoms with Crippen molar-refractivity contribution in [2.75, 3.05) is 26.3 Å². The lowest BCUT2D eigenvalue weighted by Crippen LogP contribution is -2.41. The summed E-state index contributed by atoms with van der Waals surface area (Å²) in [5.74, 6) is 11.6. The summed E-state index contributed by atoms with van der Waals surface area (Å²) in [4.78, 5) is 2.47. The maximum atomic E-state index is 5.22. The Bertz CT molecular complexity index is 727. The first kappa shape index (κ1) is 49.9. The molecule has 52 heavy (non-hydrogen) atoms. The molecular weight excluding hydrogens is 631 g/mol. The van der Waals surface area contributed by atoms with E-state index >= 15 is 0 Å². The second kappa shape index (κ2) is 26.7. The number of nitrogens with zero attached hydrogens (tertiary/aromatic N) is 1. The van der Waals surface area contributed by atoms with Gasteiger partial charge in [0, 0.05) is 19.3 Å². The van der Waals surface area contributed by atoms with Crippen LogP contribution in [0, 0.1) is 76.4 Å². The first-order chi connectivity index (χ1) is 24.4. The summed E-state index contributed by atoms with van der Waals surface area (Å²) in [6.45, 7) is 41.7. The van der Waals surface area contributed by atoms with Crippen LogP contribution < -0.4 is 0 Å². The predicted molar refractivity (Wildman–Crippen MR) is 235 cm³/mol. The standard InChI is InChI=1S/C10H20.C7H14O.3C7H14.C6H13N.C6H12/c1-8(2)10(9(3)4)6-5-7-10;1-6(2)7-3-4-8-5-7;4*1-6(2)7-4-3-5-7;1-5(2)6-3-4-6/h8-9H,5-7H2,1-4H3;6-7H,3-5H2,1-2H3;3*6-7H,3-5H2,1-2H3;6H,3-5H2,1-2H3;5-6H,3-4H2,1-2H3. The van der Waals surface area contributed by atoms with Crippen LogP contribution in [-0.2, 0) is 4.74 Å². The number of hydrogen-bond acceptors (Lipinski definition) is 2. The van der Waals surface area contributed by atoms with Crippen LogP contribution in [0.3, 0.4) is 0 Å². The molecule has 0 spiro atoms. The SMILES string of the molecule is CC(C)C1(C(C)C)CCC1.CC(C)C1CC1.CC(C)C1CCC1.CC(C)C1CCC1.CC(C)C1CCC1.CC(C)C1CCOC1.CC(C)N1CCC1. The molecule has 1 unspecified atom stereocenters. The van der Waals surface area contributed by atoms with Crippen LogP contribution in [0.15, 0.2) is 0 Å². The zero-order valence-corrected chi connectivity index (χ0v) is 39.0. The molecule has 0 aromatic heterocycles. The average molecular weight is 732 g/mol. The average Bonchev–Trinajstić information content (AvgIpc) is 3.58. The molecule has 7 fully saturated rings. The lowest BCUT2D eigenvalue weighted by molar-refractivity contribution is 0.0135. The van der Waals surface area contributed by atoms with Gasteiger partial charge in [-0.05, 0) is 142 Å². The van der Waals surface area contributed by atoms with Crippen LogP contribution in [0.1, 0.15) is 214 Å². The molecule has 0 N–H and O–H groups in total. The highest BCUT2D eigenvalue weighted by atomic mass is 16.5. The Morgan fingerprint density at radius 1 is 0.404 bits per heavy atom. The van der Waals surface area contributed by atoms with Gasteiger partial charge >= 0.3 is 0 Å². The minimum absolute atomic E-state index is 0.722. The van der Waals surface area contributed by atoms with Crippen molar-refractivity contribution in [1.29, 1.82) is 0 Å². The van der Waals surface area contributed by atoms with E-state index in [1.807, 2.05) is 0 Å². The Kier molecular flexibility index (Phi) is 25.7. The number of rotatable bonds is 8. The molecule has 1 atom stereocenters. The van der Waals surface area contributed by atoms with Crippen LogP contribution >= 0.6 is 0 Å². The van der Waals surface area contributed by atoms with E-state index < -0.39 is 0 Å². The summed E-state index contributed by atoms with van der Waals surface area (Å²) in [5.41, 5.74) is 0.722. The zero-order chi connectivity index (χ0) is 39.4. The molecular formula is C50H101NO. The maximum Gasteiger partial charge on any atom is 0.0497 e. The third kappa shape index (κ3) is 19.7. The fourth-order valence-electron chi connectivity index (χ4n) is 8.42. The Hall–Kier alpha value is -0.0800. The van der Waals surface area contributed by atoms with E-state index in [0.717, 1.165) is 95.7 Å². The normalized spacial score (nSPS) is 23.9. The van der Waals surface area contributed by atoms with E-state index in [1.165, 1.54) is 116 Å². The highest BCUT2D eigenvalue weighted by molar-refractivity contribution is 4.92. The smallest absolute Gasteiger partial charge is 0.0497 e. The minimum atomic E-state index is 0.722. The summed E-state index contributed by atoms with van der Waals surface area (Å²) in [5, 5.41) is 0. The molecule has 0 amide bonds. The third-order valence-electron chi connectivity index (χ3n) is 15.0. The van der Waals surface area contributed by atoms with Crippen molar-refractivity contribution in [2.45, 2.75) is 220 Å². The van der Waals surface area contributed by atoms with Crippen LogP contribution in [0.25, 0.3) is 0 Å². The molecule has 0 aromatic rings. The first-order valence-electron chi connectivity index (χ1n) is 23.7. The fraction of sp³-hybridized carbons (Fsp3) is 1.00. The van der Waals surface area contributed by atoms with Gasteiger partial charge in [-0.2, -0.15) is 0 Å². The number of likely N-dealkylation sites (tertiary alicyclic amines) is 1. The Labute approximate surface area is 330 Å². The van der Waals surface area contributed by atoms with Gasteiger partial charge in [0.05, 0.1) is 0 Å². The highest BCUT2D eigenvalue weighted by Crippen LogP contribution is 2.52. The molecule has 7 rings (SSSR count). The monoisotopic (exact) mass is 732 g/mol. The second-order valence-corrected chi connectivity index (χ2v) is 21.1. The largest absolute Gasteiger partial charge is 0.381 e. The van der Waals surface area contributed by atoms with Crippen molar-refractivity contribution in [2.24, 2.45) is 76.4 Å². The van der Waals surface area contributed by atoms with Crippen molar-refractivity contribution in [3.63, 3.8) is 0 Å². The van der Waals surface area contributed by atoms with E-state index in [-0.39, 0.29) is 0 Å². The molecule has 7 aliphatic rings. The molecule has 0 bridgehead atoms. The summed E-state index contributed by atoms with van der Waals surface area (Å²) in [7, 11) is 0. The quantitative estimate of drug-likeness (QED) is 0.246. The summed E-state index contributed by atoms with van der Waals surface area (Å²) in [6.07, 6.45) is 23.6. The van der Waals surface area contributed by atoms with Crippen LogP contribution in [0.5, 0.6) is 0 Å². The molecule has 0 radical (unpaired) electrons. The Morgan fingerprint density at radius 2 is 0.750 bits per heavy atom. The zero-order valence-electron chi connectivity index (χ0n) is 39.0. The van der Waals surface area contributed by atoms with Crippen LogP contribution in [0.4, 0.5) is 0 Å². The predicted octanol–water partition coefficient (Wildman–Crippen LogP) is 15.6. The van der Waals surface area contributed by atoms with Gasteiger partial charge in [-0.3, -0.25) is 0 Å². The molecule has 2 saturated heterocycles. The van der Waals surface area contributed by atoms with Crippen LogP contribution in [-0.4, -0.2) is 37.2 Å². The number of hydrogen-bond donors (Lipinski definition) is 0. The lowest BCUT2D eigenvalue weighted by Gasteiger charge is -2.49. The third-order valence-corrected chi connectivity index (χ3v) is 15.0. The molecule has 5 aliphatic carbocycles. The summed E-state index contributed by atoms with van der Waals surface area (Å²) >= 11 is 0. The summed E-state index contributed by atoms with van der Waals surface area (Å²) in [6, 6.07) is 0.786. The minimum Gasteiger partial charge on any atom is -0.381 e. The van der Waals surface area contributed by atoms with Gasteiger partial charge in [0.1, 0.15) is 0 Å². The van der Waals surface area contributed by atoms with Crippen molar-refractivity contribution in [1.82, 2.24) is 4.90 Å². The topological polar surface area (TPSA) is 12.5 Å². The highest BCUT2D eigenvalue weighted by Gasteiger charge is 2.42. The molecule has 2 heteroatoms. The summed E-state index contributed by atoms with van der Waals surface area (Å²) < 4.78 is 5.22. The lowest BCUT2D eigenvalue weighted by atomic mass is 9.56. The van der Waals surface area contributed by atoms with Gasteiger partial charge in [-0.25, -0.2) is 0 Å². The van der Waals surface area contributed by atoms with E-state index in [0.29, 0.717) is 0 Å². The number of ether oxygens (including phenoxy) is 1. The van der Waals surface area contributed by atoms with Gasteiger partial charge in [-0.1, -0.05) is 161 Å². The van der Waals surface area contributed by atoms with E-state index in [4.69, 9.17) is 4.74 Å². The molecule has 2 heterocycles. The molecule has 0 aromatic carbocycles. The van der Waals surface area contributed by atoms with Crippen LogP contribution in [0.2, 0.25) is 0 Å². The fourth-order valence-corrected chi connectivity index (χ4v) is 8.42. The van der Waals surface area contributed by atoms with Crippen molar-refractivity contribution in [3.05, 3.63) is 0 Å². The van der Waals surface area contributed by atoms with Crippen molar-refractivity contribution in [3.8, 4) is 0 Å². The van der Waals surface area contributed by atoms with E-state index in [1.54, 1.807) is 0 Å². The Morgan fingerprint density at radius 3 is 0.788 bits per heavy atom. The molecule has 312 valence electrons. The molecule has 2 aliphatic heterocycles. The molecule has 2 nitrogen and oxygen atoms in total. The van der Waals surface area contributed by atoms with Gasteiger partial charge in [0.2, 0.25) is 0 Å². The van der Waals surface area contributed by atoms with E-state index in [9.17, 15) is 0 Å². The molecule has 5 saturated carbocycles. The van der Waals surface area contributed by atoms with Gasteiger partial charge < -0.3 is 9.64 Å². The Balaban J connectivity index is 0.000000305. The van der Waals surface area contributed by atoms with Crippen molar-refractivity contribution >= 4 is 0 Å². The van der Waals surface area contributed by atoms with E-state index in [2.05, 4.69) is 116 Å². The van der Waals surface area contributed by atoms with Crippen molar-refractivity contribution < 1.29 is 4.74 Å². The second-order valence-electron chi connectivity index (χ2n) is 21.1. The van der Waals surface area contributed by atoms with Gasteiger partial charge in [0.15, 0.2) is 0 Å². The van der Waals surface area contributed by atoms with Gasteiger partial charge in [-0.15, -0.1) is 0 Å². The van der Waals surface area contributed by atoms with Gasteiger partial charge in [0.25, 0.3) is 0 Å². The maximum absolute atomic E-state index is 5.22. The first-order valence-corrected chi connectivity index (χ1v) is 23.7.